The summed E-state index contributed by atoms with van der Waals surface area (Å²) in [7, 11) is -4.12. The van der Waals surface area contributed by atoms with Gasteiger partial charge in [0.1, 0.15) is 0 Å². The van der Waals surface area contributed by atoms with Crippen LogP contribution in [0.25, 0.3) is 0 Å². The molecular weight excluding hydrogens is 390 g/mol. The SMILES string of the molecule is CCc1ccc(CN(Cc2cccnc2)S(=O)(=O)c2ccccc2[N+](=O)[O-])cc1. The molecule has 7 nitrogen and oxygen atoms in total. The Bertz CT molecular complexity index is 1080. The fourth-order valence-corrected chi connectivity index (χ4v) is 4.54. The van der Waals surface area contributed by atoms with Gasteiger partial charge in [-0.3, -0.25) is 15.1 Å². The van der Waals surface area contributed by atoms with Crippen LogP contribution in [0.5, 0.6) is 0 Å². The standard InChI is InChI=1S/C21H21N3O4S/c1-2-17-9-11-18(12-10-17)15-23(16-19-6-5-13-22-14-19)29(27,28)21-8-4-3-7-20(21)24(25)26/h3-14H,2,15-16H2,1H3. The molecule has 0 aliphatic rings. The molecule has 0 fully saturated rings. The summed E-state index contributed by atoms with van der Waals surface area (Å²) in [6.07, 6.45) is 4.07. The molecule has 150 valence electrons. The predicted octanol–water partition coefficient (Wildman–Crippen LogP) is 3.94. The van der Waals surface area contributed by atoms with Crippen LogP contribution < -0.4 is 0 Å². The highest BCUT2D eigenvalue weighted by Gasteiger charge is 2.31. The van der Waals surface area contributed by atoms with Crippen LogP contribution in [0.3, 0.4) is 0 Å². The Labute approximate surface area is 169 Å². The molecule has 0 atom stereocenters. The third kappa shape index (κ3) is 4.85. The zero-order valence-electron chi connectivity index (χ0n) is 15.9. The van der Waals surface area contributed by atoms with Crippen LogP contribution in [0.4, 0.5) is 5.69 Å². The molecule has 0 amide bonds. The molecule has 0 aliphatic carbocycles. The molecule has 0 aliphatic heterocycles. The molecule has 0 unspecified atom stereocenters. The lowest BCUT2D eigenvalue weighted by Gasteiger charge is -2.22. The minimum Gasteiger partial charge on any atom is -0.264 e. The van der Waals surface area contributed by atoms with E-state index in [2.05, 4.69) is 4.98 Å². The van der Waals surface area contributed by atoms with E-state index >= 15 is 0 Å². The van der Waals surface area contributed by atoms with Crippen molar-refractivity contribution < 1.29 is 13.3 Å². The van der Waals surface area contributed by atoms with E-state index in [1.54, 1.807) is 24.5 Å². The van der Waals surface area contributed by atoms with Crippen molar-refractivity contribution in [2.75, 3.05) is 0 Å². The van der Waals surface area contributed by atoms with Gasteiger partial charge in [-0.05, 0) is 35.2 Å². The average molecular weight is 411 g/mol. The second-order valence-electron chi connectivity index (χ2n) is 6.53. The van der Waals surface area contributed by atoms with Crippen molar-refractivity contribution >= 4 is 15.7 Å². The van der Waals surface area contributed by atoms with Gasteiger partial charge < -0.3 is 0 Å². The minimum atomic E-state index is -4.12. The molecule has 0 N–H and O–H groups in total. The van der Waals surface area contributed by atoms with Crippen molar-refractivity contribution in [3.8, 4) is 0 Å². The summed E-state index contributed by atoms with van der Waals surface area (Å²) in [4.78, 5) is 14.4. The molecule has 0 saturated heterocycles. The van der Waals surface area contributed by atoms with Gasteiger partial charge in [0.15, 0.2) is 4.90 Å². The summed E-state index contributed by atoms with van der Waals surface area (Å²) in [5.41, 5.74) is 2.20. The van der Waals surface area contributed by atoms with Crippen LogP contribution >= 0.6 is 0 Å². The molecule has 0 bridgehead atoms. The molecule has 3 aromatic rings. The monoisotopic (exact) mass is 411 g/mol. The lowest BCUT2D eigenvalue weighted by molar-refractivity contribution is -0.387. The number of para-hydroxylation sites is 1. The third-order valence-corrected chi connectivity index (χ3v) is 6.39. The van der Waals surface area contributed by atoms with Gasteiger partial charge in [0.25, 0.3) is 15.7 Å². The number of aromatic nitrogens is 1. The van der Waals surface area contributed by atoms with Crippen LogP contribution in [0.1, 0.15) is 23.6 Å². The van der Waals surface area contributed by atoms with E-state index in [4.69, 9.17) is 0 Å². The second kappa shape index (κ2) is 8.93. The first kappa shape index (κ1) is 20.6. The second-order valence-corrected chi connectivity index (χ2v) is 8.44. The first-order valence-electron chi connectivity index (χ1n) is 9.12. The largest absolute Gasteiger partial charge is 0.289 e. The Balaban J connectivity index is 2.02. The van der Waals surface area contributed by atoms with Crippen LogP contribution in [0.2, 0.25) is 0 Å². The van der Waals surface area contributed by atoms with E-state index in [-0.39, 0.29) is 18.0 Å². The fourth-order valence-electron chi connectivity index (χ4n) is 2.97. The number of pyridine rings is 1. The minimum absolute atomic E-state index is 0.0533. The van der Waals surface area contributed by atoms with Crippen molar-refractivity contribution in [1.29, 1.82) is 0 Å². The Morgan fingerprint density at radius 3 is 2.21 bits per heavy atom. The highest BCUT2D eigenvalue weighted by molar-refractivity contribution is 7.89. The number of nitro groups is 1. The maximum absolute atomic E-state index is 13.4. The Morgan fingerprint density at radius 1 is 0.931 bits per heavy atom. The molecular formula is C21H21N3O4S. The maximum Gasteiger partial charge on any atom is 0.289 e. The third-order valence-electron chi connectivity index (χ3n) is 4.55. The summed E-state index contributed by atoms with van der Waals surface area (Å²) >= 11 is 0. The number of sulfonamides is 1. The number of nitro benzene ring substituents is 1. The smallest absolute Gasteiger partial charge is 0.264 e. The summed E-state index contributed by atoms with van der Waals surface area (Å²) in [6, 6.07) is 16.6. The molecule has 1 heterocycles. The van der Waals surface area contributed by atoms with Gasteiger partial charge in [-0.15, -0.1) is 0 Å². The van der Waals surface area contributed by atoms with Gasteiger partial charge in [-0.25, -0.2) is 8.42 Å². The molecule has 29 heavy (non-hydrogen) atoms. The van der Waals surface area contributed by atoms with E-state index in [0.717, 1.165) is 17.5 Å². The van der Waals surface area contributed by atoms with E-state index in [0.29, 0.717) is 5.56 Å². The van der Waals surface area contributed by atoms with E-state index < -0.39 is 20.6 Å². The van der Waals surface area contributed by atoms with E-state index in [9.17, 15) is 18.5 Å². The summed E-state index contributed by atoms with van der Waals surface area (Å²) in [5, 5.41) is 11.4. The number of rotatable bonds is 8. The Kier molecular flexibility index (Phi) is 6.36. The highest BCUT2D eigenvalue weighted by Crippen LogP contribution is 2.28. The molecule has 3 rings (SSSR count). The molecule has 2 aromatic carbocycles. The van der Waals surface area contributed by atoms with Gasteiger partial charge in [0.05, 0.1) is 4.92 Å². The zero-order chi connectivity index (χ0) is 20.9. The normalized spacial score (nSPS) is 11.5. The van der Waals surface area contributed by atoms with Crippen LogP contribution in [-0.4, -0.2) is 22.6 Å². The number of aryl methyl sites for hydroxylation is 1. The van der Waals surface area contributed by atoms with Crippen molar-refractivity contribution in [2.24, 2.45) is 0 Å². The number of hydrogen-bond donors (Lipinski definition) is 0. The molecule has 1 aromatic heterocycles. The summed E-state index contributed by atoms with van der Waals surface area (Å²) < 4.78 is 28.0. The molecule has 0 radical (unpaired) electrons. The zero-order valence-corrected chi connectivity index (χ0v) is 16.7. The van der Waals surface area contributed by atoms with Crippen molar-refractivity contribution in [3.05, 3.63) is 99.9 Å². The summed E-state index contributed by atoms with van der Waals surface area (Å²) in [6.45, 7) is 2.19. The van der Waals surface area contributed by atoms with Crippen molar-refractivity contribution in [2.45, 2.75) is 31.3 Å². The Morgan fingerprint density at radius 2 is 1.59 bits per heavy atom. The lowest BCUT2D eigenvalue weighted by atomic mass is 10.1. The van der Waals surface area contributed by atoms with Gasteiger partial charge in [0.2, 0.25) is 0 Å². The van der Waals surface area contributed by atoms with Gasteiger partial charge >= 0.3 is 0 Å². The highest BCUT2D eigenvalue weighted by atomic mass is 32.2. The maximum atomic E-state index is 13.4. The van der Waals surface area contributed by atoms with Crippen LogP contribution in [-0.2, 0) is 29.5 Å². The topological polar surface area (TPSA) is 93.4 Å². The fraction of sp³-hybridized carbons (Fsp3) is 0.190. The number of benzene rings is 2. The number of hydrogen-bond acceptors (Lipinski definition) is 5. The Hall–Kier alpha value is -3.10. The van der Waals surface area contributed by atoms with Gasteiger partial charge in [-0.2, -0.15) is 4.31 Å². The molecule has 8 heteroatoms. The van der Waals surface area contributed by atoms with Crippen molar-refractivity contribution in [1.82, 2.24) is 9.29 Å². The predicted molar refractivity (Wildman–Crippen MR) is 110 cm³/mol. The quantitative estimate of drug-likeness (QED) is 0.413. The van der Waals surface area contributed by atoms with E-state index in [1.807, 2.05) is 31.2 Å². The average Bonchev–Trinajstić information content (AvgIpc) is 2.74. The van der Waals surface area contributed by atoms with Crippen LogP contribution in [0.15, 0.2) is 78.0 Å². The molecule has 0 saturated carbocycles. The van der Waals surface area contributed by atoms with Crippen molar-refractivity contribution in [3.63, 3.8) is 0 Å². The van der Waals surface area contributed by atoms with Crippen LogP contribution in [0, 0.1) is 10.1 Å². The van der Waals surface area contributed by atoms with E-state index in [1.165, 1.54) is 28.6 Å². The summed E-state index contributed by atoms with van der Waals surface area (Å²) in [5.74, 6) is 0. The number of nitrogens with zero attached hydrogens (tertiary/aromatic N) is 3. The molecule has 0 spiro atoms. The van der Waals surface area contributed by atoms with Gasteiger partial charge in [-0.1, -0.05) is 49.4 Å². The first-order chi connectivity index (χ1) is 13.9. The van der Waals surface area contributed by atoms with Gasteiger partial charge in [0, 0.05) is 31.5 Å². The first-order valence-corrected chi connectivity index (χ1v) is 10.6. The lowest BCUT2D eigenvalue weighted by Crippen LogP contribution is -2.30.